The minimum atomic E-state index is -1.93. The standard InChI is InChI=1S/C24H20BrNO4S/c1-29-17-12-26-13-18-20(17)23(28)22(27)21(31-2)19(14-6-4-3-5-7-14)24(23,30-18)15-8-10-16(25)11-9-15/h3-13,19,21,28H,1-2H3. The van der Waals surface area contributed by atoms with Gasteiger partial charge in [0.05, 0.1) is 36.2 Å². The topological polar surface area (TPSA) is 68.7 Å². The number of carbonyl (C=O) groups excluding carboxylic acids is 1. The van der Waals surface area contributed by atoms with E-state index in [9.17, 15) is 9.90 Å². The minimum Gasteiger partial charge on any atom is -0.495 e. The number of ketones is 1. The van der Waals surface area contributed by atoms with E-state index in [-0.39, 0.29) is 5.78 Å². The average molecular weight is 498 g/mol. The van der Waals surface area contributed by atoms with Gasteiger partial charge in [-0.3, -0.25) is 9.78 Å². The number of methoxy groups -OCH3 is 1. The van der Waals surface area contributed by atoms with E-state index in [0.717, 1.165) is 15.6 Å². The second-order valence-corrected chi connectivity index (χ2v) is 9.57. The maximum Gasteiger partial charge on any atom is 0.201 e. The zero-order chi connectivity index (χ0) is 21.8. The lowest BCUT2D eigenvalue weighted by molar-refractivity contribution is -0.151. The zero-order valence-corrected chi connectivity index (χ0v) is 19.3. The van der Waals surface area contributed by atoms with Crippen LogP contribution < -0.4 is 9.47 Å². The molecule has 7 heteroatoms. The third-order valence-electron chi connectivity index (χ3n) is 6.31. The molecule has 5 nitrogen and oxygen atoms in total. The maximum absolute atomic E-state index is 14.0. The van der Waals surface area contributed by atoms with E-state index in [1.54, 1.807) is 0 Å². The van der Waals surface area contributed by atoms with Crippen LogP contribution in [0.3, 0.4) is 0 Å². The summed E-state index contributed by atoms with van der Waals surface area (Å²) in [6.45, 7) is 0. The van der Waals surface area contributed by atoms with Crippen molar-refractivity contribution in [3.8, 4) is 11.5 Å². The van der Waals surface area contributed by atoms with Gasteiger partial charge in [0.2, 0.25) is 5.60 Å². The van der Waals surface area contributed by atoms with E-state index in [1.807, 2.05) is 60.9 Å². The Bertz CT molecular complexity index is 1160. The Hall–Kier alpha value is -2.35. The molecule has 1 aromatic heterocycles. The van der Waals surface area contributed by atoms with Crippen molar-refractivity contribution in [1.82, 2.24) is 4.98 Å². The van der Waals surface area contributed by atoms with Crippen LogP contribution >= 0.6 is 27.7 Å². The van der Waals surface area contributed by atoms with E-state index < -0.39 is 22.4 Å². The molecule has 0 spiro atoms. The molecule has 2 heterocycles. The molecule has 1 aliphatic carbocycles. The number of halogens is 1. The summed E-state index contributed by atoms with van der Waals surface area (Å²) in [7, 11) is 1.50. The Morgan fingerprint density at radius 3 is 2.48 bits per heavy atom. The van der Waals surface area contributed by atoms with E-state index in [4.69, 9.17) is 9.47 Å². The molecule has 4 atom stereocenters. The first-order valence-corrected chi connectivity index (χ1v) is 11.9. The van der Waals surface area contributed by atoms with Crippen molar-refractivity contribution in [2.24, 2.45) is 0 Å². The summed E-state index contributed by atoms with van der Waals surface area (Å²) in [5.74, 6) is -0.0287. The van der Waals surface area contributed by atoms with Crippen LogP contribution in [0.4, 0.5) is 0 Å². The molecule has 2 aliphatic rings. The number of thioether (sulfide) groups is 1. The number of aromatic nitrogens is 1. The number of benzene rings is 2. The molecule has 31 heavy (non-hydrogen) atoms. The number of fused-ring (bicyclic) bond motifs is 3. The number of pyridine rings is 1. The van der Waals surface area contributed by atoms with Crippen LogP contribution in [0.15, 0.2) is 71.5 Å². The molecule has 1 aliphatic heterocycles. The molecule has 158 valence electrons. The molecule has 0 amide bonds. The SMILES string of the molecule is COc1cncc2c1C1(O)C(=O)C(SC)C(c3ccccc3)C1(c1ccc(Br)cc1)O2. The van der Waals surface area contributed by atoms with Gasteiger partial charge in [-0.2, -0.15) is 11.8 Å². The second-order valence-electron chi connectivity index (χ2n) is 7.68. The normalized spacial score (nSPS) is 28.7. The molecule has 2 aromatic carbocycles. The lowest BCUT2D eigenvalue weighted by Crippen LogP contribution is -2.50. The van der Waals surface area contributed by atoms with Gasteiger partial charge in [0, 0.05) is 4.47 Å². The molecule has 1 saturated carbocycles. The second kappa shape index (κ2) is 7.36. The summed E-state index contributed by atoms with van der Waals surface area (Å²) in [5.41, 5.74) is -1.31. The van der Waals surface area contributed by atoms with Crippen LogP contribution in [0.25, 0.3) is 0 Å². The molecular formula is C24H20BrNO4S. The number of carbonyl (C=O) groups is 1. The summed E-state index contributed by atoms with van der Waals surface area (Å²) in [4.78, 5) is 18.2. The molecule has 1 N–H and O–H groups in total. The Kier molecular flexibility index (Phi) is 4.88. The summed E-state index contributed by atoms with van der Waals surface area (Å²) in [5, 5.41) is 11.9. The summed E-state index contributed by atoms with van der Waals surface area (Å²) < 4.78 is 13.0. The number of hydrogen-bond acceptors (Lipinski definition) is 6. The first-order chi connectivity index (χ1) is 15.0. The zero-order valence-electron chi connectivity index (χ0n) is 16.9. The first kappa shape index (κ1) is 20.5. The summed E-state index contributed by atoms with van der Waals surface area (Å²) in [6, 6.07) is 17.4. The smallest absolute Gasteiger partial charge is 0.201 e. The van der Waals surface area contributed by atoms with Crippen molar-refractivity contribution in [3.05, 3.63) is 88.2 Å². The molecule has 0 bridgehead atoms. The number of rotatable bonds is 4. The monoisotopic (exact) mass is 497 g/mol. The van der Waals surface area contributed by atoms with Crippen LogP contribution in [-0.4, -0.2) is 34.5 Å². The fourth-order valence-corrected chi connectivity index (χ4v) is 6.34. The largest absolute Gasteiger partial charge is 0.495 e. The third-order valence-corrected chi connectivity index (χ3v) is 7.83. The Labute approximate surface area is 192 Å². The summed E-state index contributed by atoms with van der Waals surface area (Å²) >= 11 is 4.91. The van der Waals surface area contributed by atoms with Gasteiger partial charge in [-0.05, 0) is 29.5 Å². The summed E-state index contributed by atoms with van der Waals surface area (Å²) in [6.07, 6.45) is 4.94. The lowest BCUT2D eigenvalue weighted by atomic mass is 9.71. The predicted molar refractivity (Wildman–Crippen MR) is 123 cm³/mol. The number of aliphatic hydroxyl groups is 1. The Morgan fingerprint density at radius 1 is 1.13 bits per heavy atom. The van der Waals surface area contributed by atoms with Gasteiger partial charge in [-0.1, -0.05) is 58.4 Å². The van der Waals surface area contributed by atoms with Crippen molar-refractivity contribution >= 4 is 33.5 Å². The molecular weight excluding hydrogens is 478 g/mol. The molecule has 3 aromatic rings. The minimum absolute atomic E-state index is 0.292. The van der Waals surface area contributed by atoms with E-state index in [2.05, 4.69) is 20.9 Å². The van der Waals surface area contributed by atoms with Crippen LogP contribution in [0.1, 0.15) is 22.6 Å². The highest BCUT2D eigenvalue weighted by Crippen LogP contribution is 2.68. The van der Waals surface area contributed by atoms with Crippen LogP contribution in [0, 0.1) is 0 Å². The highest BCUT2D eigenvalue weighted by molar-refractivity contribution is 9.10. The van der Waals surface area contributed by atoms with Crippen molar-refractivity contribution in [3.63, 3.8) is 0 Å². The fraction of sp³-hybridized carbons (Fsp3) is 0.250. The van der Waals surface area contributed by atoms with Gasteiger partial charge in [0.25, 0.3) is 0 Å². The van der Waals surface area contributed by atoms with Gasteiger partial charge in [0.1, 0.15) is 11.5 Å². The highest BCUT2D eigenvalue weighted by Gasteiger charge is 2.77. The van der Waals surface area contributed by atoms with Crippen molar-refractivity contribution in [2.75, 3.05) is 13.4 Å². The lowest BCUT2D eigenvalue weighted by Gasteiger charge is -2.39. The van der Waals surface area contributed by atoms with E-state index in [1.165, 1.54) is 31.3 Å². The number of nitrogens with zero attached hydrogens (tertiary/aromatic N) is 1. The van der Waals surface area contributed by atoms with Crippen LogP contribution in [0.2, 0.25) is 0 Å². The van der Waals surface area contributed by atoms with Crippen LogP contribution in [0.5, 0.6) is 11.5 Å². The Morgan fingerprint density at radius 2 is 1.84 bits per heavy atom. The van der Waals surface area contributed by atoms with Crippen molar-refractivity contribution in [2.45, 2.75) is 22.4 Å². The third kappa shape index (κ3) is 2.60. The fourth-order valence-electron chi connectivity index (χ4n) is 5.07. The van der Waals surface area contributed by atoms with Gasteiger partial charge in [0.15, 0.2) is 11.4 Å². The van der Waals surface area contributed by atoms with Gasteiger partial charge < -0.3 is 14.6 Å². The first-order valence-electron chi connectivity index (χ1n) is 9.81. The van der Waals surface area contributed by atoms with Crippen molar-refractivity contribution < 1.29 is 19.4 Å². The number of ether oxygens (including phenoxy) is 2. The average Bonchev–Trinajstić information content (AvgIpc) is 3.18. The highest BCUT2D eigenvalue weighted by atomic mass is 79.9. The quantitative estimate of drug-likeness (QED) is 0.575. The molecule has 0 saturated heterocycles. The molecule has 5 rings (SSSR count). The number of Topliss-reactive ketones (excluding diaryl/α,β-unsaturated/α-hetero) is 1. The van der Waals surface area contributed by atoms with Gasteiger partial charge in [-0.25, -0.2) is 0 Å². The molecule has 0 radical (unpaired) electrons. The van der Waals surface area contributed by atoms with Gasteiger partial charge >= 0.3 is 0 Å². The Balaban J connectivity index is 1.88. The van der Waals surface area contributed by atoms with E-state index in [0.29, 0.717) is 17.1 Å². The van der Waals surface area contributed by atoms with Gasteiger partial charge in [-0.15, -0.1) is 0 Å². The van der Waals surface area contributed by atoms with E-state index >= 15 is 0 Å². The van der Waals surface area contributed by atoms with Crippen LogP contribution in [-0.2, 0) is 16.0 Å². The van der Waals surface area contributed by atoms with Crippen molar-refractivity contribution in [1.29, 1.82) is 0 Å². The number of hydrogen-bond donors (Lipinski definition) is 1. The molecule has 1 fully saturated rings. The predicted octanol–water partition coefficient (Wildman–Crippen LogP) is 4.43. The maximum atomic E-state index is 14.0. The molecule has 4 unspecified atom stereocenters.